The first-order valence-corrected chi connectivity index (χ1v) is 35.7. The van der Waals surface area contributed by atoms with Crippen molar-refractivity contribution in [2.75, 3.05) is 39.6 Å². The predicted octanol–water partition coefficient (Wildman–Crippen LogP) is 17.1. The van der Waals surface area contributed by atoms with Gasteiger partial charge >= 0.3 is 39.5 Å². The number of ether oxygens (including phenoxy) is 4. The highest BCUT2D eigenvalue weighted by Gasteiger charge is 2.30. The molecule has 17 nitrogen and oxygen atoms in total. The number of carbonyl (C=O) groups is 4. The Morgan fingerprint density at radius 2 is 0.711 bits per heavy atom. The summed E-state index contributed by atoms with van der Waals surface area (Å²) in [4.78, 5) is 72.1. The molecule has 3 unspecified atom stereocenters. The van der Waals surface area contributed by atoms with E-state index in [2.05, 4.69) is 72.8 Å². The van der Waals surface area contributed by atoms with Crippen molar-refractivity contribution in [3.05, 3.63) is 24.3 Å². The average Bonchev–Trinajstić information content (AvgIpc) is 3.45. The van der Waals surface area contributed by atoms with E-state index in [9.17, 15) is 43.2 Å². The fraction of sp³-hybridized carbons (Fsp3) is 0.875. The summed E-state index contributed by atoms with van der Waals surface area (Å²) in [6.07, 6.45) is 38.8. The van der Waals surface area contributed by atoms with Crippen LogP contribution in [0.4, 0.5) is 0 Å². The molecule has 0 amide bonds. The monoisotopic (exact) mass is 1220 g/mol. The number of phosphoric ester groups is 2. The number of esters is 4. The number of rotatable bonds is 60. The first kappa shape index (κ1) is 80.5. The van der Waals surface area contributed by atoms with Crippen LogP contribution in [0.2, 0.25) is 0 Å². The fourth-order valence-corrected chi connectivity index (χ4v) is 10.5. The van der Waals surface area contributed by atoms with Gasteiger partial charge < -0.3 is 33.8 Å². The zero-order chi connectivity index (χ0) is 61.7. The van der Waals surface area contributed by atoms with Crippen LogP contribution in [0.25, 0.3) is 0 Å². The van der Waals surface area contributed by atoms with Crippen LogP contribution in [0.3, 0.4) is 0 Å². The quantitative estimate of drug-likeness (QED) is 0.0169. The lowest BCUT2D eigenvalue weighted by molar-refractivity contribution is -0.161. The minimum absolute atomic E-state index is 0.0831. The SMILES string of the molecule is CCCCCC/C=C\C=C/CCCCCCCC(=O)O[C@H](COC(=O)CCCCCCCCC(C)C)COP(=O)(O)OC[C@@H](O)COP(=O)(O)OC[C@@H](COC(=O)CCCCCCCCC(C)C)OC(=O)CCCCCCCCC(C)CC. The van der Waals surface area contributed by atoms with Gasteiger partial charge in [0.05, 0.1) is 26.4 Å². The predicted molar refractivity (Wildman–Crippen MR) is 330 cm³/mol. The largest absolute Gasteiger partial charge is 0.472 e. The number of phosphoric acid groups is 2. The van der Waals surface area contributed by atoms with E-state index in [0.717, 1.165) is 121 Å². The van der Waals surface area contributed by atoms with Crippen molar-refractivity contribution < 1.29 is 80.2 Å². The molecule has 0 aliphatic heterocycles. The Labute approximate surface area is 503 Å². The zero-order valence-corrected chi connectivity index (χ0v) is 54.9. The third-order valence-electron chi connectivity index (χ3n) is 14.4. The summed E-state index contributed by atoms with van der Waals surface area (Å²) in [5.74, 6) is -0.101. The molecule has 0 aromatic heterocycles. The third-order valence-corrected chi connectivity index (χ3v) is 16.3. The molecule has 0 aromatic rings. The van der Waals surface area contributed by atoms with E-state index >= 15 is 0 Å². The van der Waals surface area contributed by atoms with Gasteiger partial charge in [-0.2, -0.15) is 0 Å². The van der Waals surface area contributed by atoms with Gasteiger partial charge in [0.15, 0.2) is 12.2 Å². The van der Waals surface area contributed by atoms with Crippen LogP contribution < -0.4 is 0 Å². The second kappa shape index (κ2) is 54.9. The van der Waals surface area contributed by atoms with Gasteiger partial charge in [-0.15, -0.1) is 0 Å². The third kappa shape index (κ3) is 57.1. The average molecular weight is 1220 g/mol. The maximum absolute atomic E-state index is 13.0. The highest BCUT2D eigenvalue weighted by atomic mass is 31.2. The molecule has 0 rings (SSSR count). The topological polar surface area (TPSA) is 237 Å². The van der Waals surface area contributed by atoms with E-state index in [-0.39, 0.29) is 25.7 Å². The van der Waals surface area contributed by atoms with Crippen molar-refractivity contribution >= 4 is 39.5 Å². The molecule has 0 aromatic carbocycles. The summed E-state index contributed by atoms with van der Waals surface area (Å²) in [6.45, 7) is 11.5. The Morgan fingerprint density at radius 3 is 1.07 bits per heavy atom. The molecular formula is C64H120O17P2. The van der Waals surface area contributed by atoms with Gasteiger partial charge in [0.1, 0.15) is 19.3 Å². The van der Waals surface area contributed by atoms with Crippen LogP contribution in [0.1, 0.15) is 286 Å². The second-order valence-electron chi connectivity index (χ2n) is 23.7. The molecule has 0 spiro atoms. The van der Waals surface area contributed by atoms with E-state index in [4.69, 9.17) is 37.0 Å². The maximum atomic E-state index is 13.0. The number of hydrogen-bond donors (Lipinski definition) is 3. The zero-order valence-electron chi connectivity index (χ0n) is 53.1. The number of hydrogen-bond acceptors (Lipinski definition) is 15. The Bertz CT molecular complexity index is 1740. The molecule has 0 saturated heterocycles. The van der Waals surface area contributed by atoms with Crippen LogP contribution in [0.5, 0.6) is 0 Å². The van der Waals surface area contributed by atoms with Crippen molar-refractivity contribution in [1.82, 2.24) is 0 Å². The van der Waals surface area contributed by atoms with Crippen molar-refractivity contribution in [3.63, 3.8) is 0 Å². The smallest absolute Gasteiger partial charge is 0.462 e. The summed E-state index contributed by atoms with van der Waals surface area (Å²) in [7, 11) is -9.90. The van der Waals surface area contributed by atoms with E-state index in [1.165, 1.54) is 70.6 Å². The molecule has 488 valence electrons. The first-order valence-electron chi connectivity index (χ1n) is 32.7. The number of carbonyl (C=O) groups excluding carboxylic acids is 4. The van der Waals surface area contributed by atoms with E-state index in [1.54, 1.807) is 0 Å². The van der Waals surface area contributed by atoms with Crippen molar-refractivity contribution in [1.29, 1.82) is 0 Å². The van der Waals surface area contributed by atoms with Crippen molar-refractivity contribution in [2.24, 2.45) is 17.8 Å². The second-order valence-corrected chi connectivity index (χ2v) is 26.6. The summed E-state index contributed by atoms with van der Waals surface area (Å²) in [6, 6.07) is 0. The van der Waals surface area contributed by atoms with Crippen LogP contribution in [0.15, 0.2) is 24.3 Å². The van der Waals surface area contributed by atoms with Crippen molar-refractivity contribution in [2.45, 2.75) is 304 Å². The number of aliphatic hydroxyl groups excluding tert-OH is 1. The Morgan fingerprint density at radius 1 is 0.398 bits per heavy atom. The molecule has 0 aliphatic rings. The van der Waals surface area contributed by atoms with Crippen LogP contribution in [0, 0.1) is 17.8 Å². The standard InChI is InChI=1S/C64H120O17P2/c1-8-10-11-12-13-14-15-16-17-18-19-20-21-33-40-47-63(68)80-59(51-74-61(66)45-38-31-25-22-28-35-42-55(3)4)53-78-82(70,71)76-49-58(65)50-77-83(72,73)79-54-60(52-75-62(67)46-39-32-26-23-29-36-43-56(5)6)81-64(69)48-41-34-27-24-30-37-44-57(7)9-2/h14-17,55-60,65H,8-13,18-54H2,1-7H3,(H,70,71)(H,72,73)/b15-14-,17-16-/t57?,58-,59-,60-/m1/s1. The lowest BCUT2D eigenvalue weighted by Crippen LogP contribution is -2.30. The molecule has 0 heterocycles. The molecule has 0 saturated carbocycles. The molecule has 19 heteroatoms. The summed E-state index contributed by atoms with van der Waals surface area (Å²) < 4.78 is 67.9. The summed E-state index contributed by atoms with van der Waals surface area (Å²) >= 11 is 0. The summed E-state index contributed by atoms with van der Waals surface area (Å²) in [5, 5.41) is 10.5. The van der Waals surface area contributed by atoms with Crippen LogP contribution >= 0.6 is 15.6 Å². The Kier molecular flexibility index (Phi) is 53.3. The molecule has 0 fully saturated rings. The van der Waals surface area contributed by atoms with Gasteiger partial charge in [0, 0.05) is 25.7 Å². The fourth-order valence-electron chi connectivity index (χ4n) is 8.91. The lowest BCUT2D eigenvalue weighted by Gasteiger charge is -2.21. The van der Waals surface area contributed by atoms with Gasteiger partial charge in [-0.1, -0.05) is 233 Å². The molecule has 0 radical (unpaired) electrons. The van der Waals surface area contributed by atoms with Gasteiger partial charge in [0.25, 0.3) is 0 Å². The number of unbranched alkanes of at least 4 members (excludes halogenated alkanes) is 24. The molecule has 0 bridgehead atoms. The van der Waals surface area contributed by atoms with Gasteiger partial charge in [-0.3, -0.25) is 37.3 Å². The Hall–Kier alpha value is -2.46. The first-order chi connectivity index (χ1) is 39.8. The van der Waals surface area contributed by atoms with E-state index in [1.807, 2.05) is 0 Å². The minimum Gasteiger partial charge on any atom is -0.462 e. The van der Waals surface area contributed by atoms with E-state index in [0.29, 0.717) is 37.5 Å². The minimum atomic E-state index is -4.95. The summed E-state index contributed by atoms with van der Waals surface area (Å²) in [5.41, 5.74) is 0. The highest BCUT2D eigenvalue weighted by Crippen LogP contribution is 2.45. The molecule has 3 N–H and O–H groups in total. The molecular weight excluding hydrogens is 1100 g/mol. The molecule has 0 aliphatic carbocycles. The van der Waals surface area contributed by atoms with Gasteiger partial charge in [-0.05, 0) is 69.1 Å². The lowest BCUT2D eigenvalue weighted by atomic mass is 10.00. The maximum Gasteiger partial charge on any atom is 0.472 e. The van der Waals surface area contributed by atoms with Crippen molar-refractivity contribution in [3.8, 4) is 0 Å². The number of allylic oxidation sites excluding steroid dienone is 4. The van der Waals surface area contributed by atoms with Gasteiger partial charge in [0.2, 0.25) is 0 Å². The Balaban J connectivity index is 5.27. The van der Waals surface area contributed by atoms with Crippen LogP contribution in [-0.4, -0.2) is 96.7 Å². The highest BCUT2D eigenvalue weighted by molar-refractivity contribution is 7.47. The van der Waals surface area contributed by atoms with E-state index < -0.39 is 97.5 Å². The normalized spacial score (nSPS) is 14.9. The number of aliphatic hydroxyl groups is 1. The molecule has 6 atom stereocenters. The van der Waals surface area contributed by atoms with Gasteiger partial charge in [-0.25, -0.2) is 9.13 Å². The molecule has 83 heavy (non-hydrogen) atoms. The van der Waals surface area contributed by atoms with Crippen LogP contribution in [-0.2, 0) is 65.4 Å².